The first kappa shape index (κ1) is 14.9. The predicted octanol–water partition coefficient (Wildman–Crippen LogP) is 2.01. The van der Waals surface area contributed by atoms with Crippen LogP contribution in [-0.4, -0.2) is 36.9 Å². The van der Waals surface area contributed by atoms with Gasteiger partial charge in [0.05, 0.1) is 11.3 Å². The number of hydrogen-bond acceptors (Lipinski definition) is 3. The Morgan fingerprint density at radius 3 is 2.56 bits per heavy atom. The van der Waals surface area contributed by atoms with E-state index in [1.54, 1.807) is 37.1 Å². The van der Waals surface area contributed by atoms with Crippen molar-refractivity contribution in [2.45, 2.75) is 32.4 Å². The molecule has 0 fully saturated rings. The molecule has 1 unspecified atom stereocenters. The van der Waals surface area contributed by atoms with Gasteiger partial charge in [-0.1, -0.05) is 26.0 Å². The molecule has 0 amide bonds. The molecule has 102 valence electrons. The molecule has 0 aromatic heterocycles. The van der Waals surface area contributed by atoms with Gasteiger partial charge in [0.2, 0.25) is 0 Å². The number of rotatable bonds is 6. The molecule has 0 saturated heterocycles. The molecule has 0 aliphatic heterocycles. The van der Waals surface area contributed by atoms with E-state index in [9.17, 15) is 9.50 Å². The van der Waals surface area contributed by atoms with Crippen molar-refractivity contribution in [2.24, 2.45) is 0 Å². The molecule has 1 aromatic carbocycles. The Bertz CT molecular complexity index is 380. The van der Waals surface area contributed by atoms with Crippen molar-refractivity contribution in [1.82, 2.24) is 5.32 Å². The van der Waals surface area contributed by atoms with Crippen LogP contribution in [0.2, 0.25) is 0 Å². The molecule has 4 heteroatoms. The zero-order valence-electron chi connectivity index (χ0n) is 11.6. The number of benzene rings is 1. The van der Waals surface area contributed by atoms with Crippen molar-refractivity contribution < 1.29 is 9.50 Å². The molecule has 0 aliphatic carbocycles. The highest BCUT2D eigenvalue weighted by molar-refractivity contribution is 5.47. The van der Waals surface area contributed by atoms with Gasteiger partial charge in [-0.2, -0.15) is 0 Å². The number of halogens is 1. The third kappa shape index (κ3) is 4.63. The van der Waals surface area contributed by atoms with Crippen LogP contribution in [0, 0.1) is 5.82 Å². The molecule has 0 spiro atoms. The van der Waals surface area contributed by atoms with Crippen LogP contribution in [0.15, 0.2) is 24.3 Å². The largest absolute Gasteiger partial charge is 0.387 e. The number of nitrogens with one attached hydrogen (secondary N) is 1. The Labute approximate surface area is 109 Å². The van der Waals surface area contributed by atoms with Crippen LogP contribution in [0.25, 0.3) is 0 Å². The van der Waals surface area contributed by atoms with Crippen LogP contribution < -0.4 is 10.2 Å². The molecule has 1 rings (SSSR count). The third-order valence-corrected chi connectivity index (χ3v) is 2.73. The normalized spacial score (nSPS) is 14.6. The first-order chi connectivity index (χ1) is 8.32. The lowest BCUT2D eigenvalue weighted by atomic mass is 10.1. The van der Waals surface area contributed by atoms with Gasteiger partial charge in [-0.05, 0) is 19.1 Å². The predicted molar refractivity (Wildman–Crippen MR) is 73.4 cm³/mol. The number of aliphatic hydroxyl groups is 1. The van der Waals surface area contributed by atoms with Crippen LogP contribution in [0.1, 0.15) is 20.8 Å². The summed E-state index contributed by atoms with van der Waals surface area (Å²) in [5.41, 5.74) is -0.399. The Balaban J connectivity index is 2.63. The molecule has 1 aromatic rings. The number of hydrogen-bond donors (Lipinski definition) is 2. The van der Waals surface area contributed by atoms with Crippen LogP contribution in [0.4, 0.5) is 10.1 Å². The summed E-state index contributed by atoms with van der Waals surface area (Å²) < 4.78 is 13.6. The lowest BCUT2D eigenvalue weighted by molar-refractivity contribution is 0.0655. The Morgan fingerprint density at radius 2 is 2.00 bits per heavy atom. The standard InChI is InChI=1S/C14H23FN2O/c1-11(2)16-9-14(3,18)10-17(4)13-8-6-5-7-12(13)15/h5-8,11,16,18H,9-10H2,1-4H3. The zero-order chi connectivity index (χ0) is 13.8. The van der Waals surface area contributed by atoms with Crippen molar-refractivity contribution in [3.05, 3.63) is 30.1 Å². The summed E-state index contributed by atoms with van der Waals surface area (Å²) in [6, 6.07) is 6.89. The van der Waals surface area contributed by atoms with E-state index in [-0.39, 0.29) is 5.82 Å². The maximum absolute atomic E-state index is 13.6. The summed E-state index contributed by atoms with van der Waals surface area (Å²) in [5, 5.41) is 13.4. The second-order valence-corrected chi connectivity index (χ2v) is 5.34. The molecule has 3 nitrogen and oxygen atoms in total. The molecular weight excluding hydrogens is 231 g/mol. The molecule has 0 aliphatic rings. The van der Waals surface area contributed by atoms with Gasteiger partial charge in [-0.15, -0.1) is 0 Å². The second-order valence-electron chi connectivity index (χ2n) is 5.34. The summed E-state index contributed by atoms with van der Waals surface area (Å²) >= 11 is 0. The maximum Gasteiger partial charge on any atom is 0.146 e. The summed E-state index contributed by atoms with van der Waals surface area (Å²) in [6.07, 6.45) is 0. The molecule has 0 bridgehead atoms. The van der Waals surface area contributed by atoms with Crippen LogP contribution >= 0.6 is 0 Å². The molecule has 1 atom stereocenters. The number of nitrogens with zero attached hydrogens (tertiary/aromatic N) is 1. The highest BCUT2D eigenvalue weighted by atomic mass is 19.1. The third-order valence-electron chi connectivity index (χ3n) is 2.73. The summed E-state index contributed by atoms with van der Waals surface area (Å²) in [5.74, 6) is -0.271. The van der Waals surface area contributed by atoms with Crippen molar-refractivity contribution in [3.8, 4) is 0 Å². The van der Waals surface area contributed by atoms with E-state index >= 15 is 0 Å². The van der Waals surface area contributed by atoms with Gasteiger partial charge < -0.3 is 15.3 Å². The Kier molecular flexibility index (Phi) is 5.11. The highest BCUT2D eigenvalue weighted by Crippen LogP contribution is 2.19. The quantitative estimate of drug-likeness (QED) is 0.815. The van der Waals surface area contributed by atoms with Crippen molar-refractivity contribution in [2.75, 3.05) is 25.0 Å². The highest BCUT2D eigenvalue weighted by Gasteiger charge is 2.23. The summed E-state index contributed by atoms with van der Waals surface area (Å²) in [4.78, 5) is 1.73. The molecule has 0 heterocycles. The van der Waals surface area contributed by atoms with Crippen molar-refractivity contribution in [1.29, 1.82) is 0 Å². The van der Waals surface area contributed by atoms with Crippen LogP contribution in [-0.2, 0) is 0 Å². The lowest BCUT2D eigenvalue weighted by Crippen LogP contribution is -2.48. The van der Waals surface area contributed by atoms with Crippen LogP contribution in [0.3, 0.4) is 0 Å². The van der Waals surface area contributed by atoms with Gasteiger partial charge in [-0.3, -0.25) is 0 Å². The second kappa shape index (κ2) is 6.16. The monoisotopic (exact) mass is 254 g/mol. The van der Waals surface area contributed by atoms with E-state index in [2.05, 4.69) is 5.32 Å². The number of anilines is 1. The van der Waals surface area contributed by atoms with Crippen molar-refractivity contribution >= 4 is 5.69 Å². The van der Waals surface area contributed by atoms with E-state index < -0.39 is 5.60 Å². The first-order valence-electron chi connectivity index (χ1n) is 6.23. The molecular formula is C14H23FN2O. The summed E-state index contributed by atoms with van der Waals surface area (Å²) in [7, 11) is 1.78. The minimum Gasteiger partial charge on any atom is -0.387 e. The van der Waals surface area contributed by atoms with Gasteiger partial charge in [0.1, 0.15) is 5.82 Å². The first-order valence-corrected chi connectivity index (χ1v) is 6.23. The van der Waals surface area contributed by atoms with Gasteiger partial charge in [0.15, 0.2) is 0 Å². The van der Waals surface area contributed by atoms with Crippen molar-refractivity contribution in [3.63, 3.8) is 0 Å². The topological polar surface area (TPSA) is 35.5 Å². The van der Waals surface area contributed by atoms with E-state index in [0.717, 1.165) is 0 Å². The lowest BCUT2D eigenvalue weighted by Gasteiger charge is -2.31. The SMILES string of the molecule is CC(C)NCC(C)(O)CN(C)c1ccccc1F. The Morgan fingerprint density at radius 1 is 1.39 bits per heavy atom. The zero-order valence-corrected chi connectivity index (χ0v) is 11.6. The molecule has 18 heavy (non-hydrogen) atoms. The van der Waals surface area contributed by atoms with E-state index in [4.69, 9.17) is 0 Å². The fraction of sp³-hybridized carbons (Fsp3) is 0.571. The smallest absolute Gasteiger partial charge is 0.146 e. The van der Waals surface area contributed by atoms with E-state index in [0.29, 0.717) is 24.8 Å². The van der Waals surface area contributed by atoms with E-state index in [1.807, 2.05) is 13.8 Å². The number of para-hydroxylation sites is 1. The minimum absolute atomic E-state index is 0.271. The van der Waals surface area contributed by atoms with Crippen LogP contribution in [0.5, 0.6) is 0 Å². The van der Waals surface area contributed by atoms with Gasteiger partial charge in [-0.25, -0.2) is 4.39 Å². The van der Waals surface area contributed by atoms with Gasteiger partial charge in [0.25, 0.3) is 0 Å². The fourth-order valence-electron chi connectivity index (χ4n) is 1.84. The van der Waals surface area contributed by atoms with Gasteiger partial charge in [0, 0.05) is 26.2 Å². The van der Waals surface area contributed by atoms with Gasteiger partial charge >= 0.3 is 0 Å². The minimum atomic E-state index is -0.901. The molecule has 2 N–H and O–H groups in total. The van der Waals surface area contributed by atoms with E-state index in [1.165, 1.54) is 6.07 Å². The fourth-order valence-corrected chi connectivity index (χ4v) is 1.84. The Hall–Kier alpha value is -1.13. The average Bonchev–Trinajstić information content (AvgIpc) is 2.26. The average molecular weight is 254 g/mol. The maximum atomic E-state index is 13.6. The number of likely N-dealkylation sites (N-methyl/N-ethyl adjacent to an activating group) is 1. The molecule has 0 saturated carbocycles. The molecule has 0 radical (unpaired) electrons. The summed E-state index contributed by atoms with van der Waals surface area (Å²) in [6.45, 7) is 6.64.